The second-order valence-corrected chi connectivity index (χ2v) is 6.69. The number of benzene rings is 2. The molecule has 2 aromatic carbocycles. The van der Waals surface area contributed by atoms with Gasteiger partial charge in [0.05, 0.1) is 16.8 Å². The Kier molecular flexibility index (Phi) is 6.42. The molecule has 0 aliphatic rings. The molecule has 32 heavy (non-hydrogen) atoms. The maximum atomic E-state index is 14.2. The van der Waals surface area contributed by atoms with Crippen LogP contribution in [0.1, 0.15) is 29.8 Å². The second-order valence-electron chi connectivity index (χ2n) is 6.69. The number of hydrogen-bond acceptors (Lipinski definition) is 5. The van der Waals surface area contributed by atoms with E-state index in [1.807, 2.05) is 13.8 Å². The molecule has 0 radical (unpaired) electrons. The molecule has 0 fully saturated rings. The Morgan fingerprint density at radius 3 is 2.25 bits per heavy atom. The van der Waals surface area contributed by atoms with Crippen molar-refractivity contribution in [3.63, 3.8) is 0 Å². The number of hydrogen-bond donors (Lipinski definition) is 3. The average molecular weight is 447 g/mol. The Bertz CT molecular complexity index is 1110. The molecule has 3 aromatic rings. The zero-order valence-corrected chi connectivity index (χ0v) is 17.2. The molecule has 1 aromatic heterocycles. The molecule has 0 spiro atoms. The van der Waals surface area contributed by atoms with Crippen molar-refractivity contribution >= 4 is 17.6 Å². The van der Waals surface area contributed by atoms with Crippen molar-refractivity contribution in [3.05, 3.63) is 47.5 Å². The predicted octanol–water partition coefficient (Wildman–Crippen LogP) is 3.53. The third-order valence-corrected chi connectivity index (χ3v) is 4.81. The largest absolute Gasteiger partial charge is 0.417 e. The van der Waals surface area contributed by atoms with Crippen LogP contribution in [-0.4, -0.2) is 50.6 Å². The highest BCUT2D eigenvalue weighted by molar-refractivity contribution is 5.97. The number of carbonyl (C=O) groups is 2. The molecule has 0 saturated heterocycles. The van der Waals surface area contributed by atoms with E-state index in [4.69, 9.17) is 5.73 Å². The van der Waals surface area contributed by atoms with Crippen molar-refractivity contribution in [3.8, 4) is 22.5 Å². The van der Waals surface area contributed by atoms with Gasteiger partial charge in [0.1, 0.15) is 0 Å². The maximum Gasteiger partial charge on any atom is 0.417 e. The van der Waals surface area contributed by atoms with Crippen LogP contribution in [0.2, 0.25) is 0 Å². The number of nitrogens with one attached hydrogen (secondary N) is 2. The Hall–Kier alpha value is -3.96. The number of primary amides is 1. The molecule has 0 bridgehead atoms. The zero-order chi connectivity index (χ0) is 23.5. The normalized spacial score (nSPS) is 11.3. The quantitative estimate of drug-likeness (QED) is 0.532. The molecule has 9 nitrogen and oxygen atoms in total. The molecule has 0 unspecified atom stereocenters. The summed E-state index contributed by atoms with van der Waals surface area (Å²) in [6, 6.07) is 7.24. The Labute approximate surface area is 180 Å². The smallest absolute Gasteiger partial charge is 0.351 e. The van der Waals surface area contributed by atoms with Crippen LogP contribution in [0.3, 0.4) is 0 Å². The van der Waals surface area contributed by atoms with Gasteiger partial charge < -0.3 is 16.0 Å². The highest BCUT2D eigenvalue weighted by Crippen LogP contribution is 2.45. The van der Waals surface area contributed by atoms with Gasteiger partial charge in [0.15, 0.2) is 0 Å². The summed E-state index contributed by atoms with van der Waals surface area (Å²) in [5.41, 5.74) is 3.72. The molecule has 4 N–H and O–H groups in total. The van der Waals surface area contributed by atoms with E-state index in [9.17, 15) is 22.8 Å². The fraction of sp³-hybridized carbons (Fsp3) is 0.250. The van der Waals surface area contributed by atoms with Crippen molar-refractivity contribution in [2.45, 2.75) is 20.0 Å². The van der Waals surface area contributed by atoms with Gasteiger partial charge in [-0.25, -0.2) is 4.79 Å². The average Bonchev–Trinajstić information content (AvgIpc) is 3.28. The van der Waals surface area contributed by atoms with E-state index < -0.39 is 23.3 Å². The molecule has 168 valence electrons. The van der Waals surface area contributed by atoms with Crippen molar-refractivity contribution in [1.82, 2.24) is 25.5 Å². The number of aromatic nitrogens is 4. The highest BCUT2D eigenvalue weighted by atomic mass is 19.4. The van der Waals surface area contributed by atoms with Gasteiger partial charge >= 0.3 is 12.2 Å². The standard InChI is InChI=1S/C20H20F3N7O2/c1-3-30(4-2)18(31)12-7-5-11(6-8-12)13-9-10-14(25-19(24)32)15(16(13)20(21,22)23)17-26-28-29-27-17/h5-10H,3-4H2,1-2H3,(H3,24,25,32)(H,26,27,28,29). The van der Waals surface area contributed by atoms with Crippen LogP contribution in [0.4, 0.5) is 23.7 Å². The van der Waals surface area contributed by atoms with Gasteiger partial charge in [-0.1, -0.05) is 18.2 Å². The molecular formula is C20H20F3N7O2. The number of halogens is 3. The van der Waals surface area contributed by atoms with Gasteiger partial charge in [0.25, 0.3) is 5.91 Å². The van der Waals surface area contributed by atoms with Crippen molar-refractivity contribution < 1.29 is 22.8 Å². The van der Waals surface area contributed by atoms with Crippen LogP contribution in [-0.2, 0) is 6.18 Å². The fourth-order valence-corrected chi connectivity index (χ4v) is 3.36. The van der Waals surface area contributed by atoms with Crippen LogP contribution in [0, 0.1) is 0 Å². The molecule has 1 heterocycles. The summed E-state index contributed by atoms with van der Waals surface area (Å²) >= 11 is 0. The molecule has 0 aliphatic carbocycles. The first-order valence-corrected chi connectivity index (χ1v) is 9.61. The fourth-order valence-electron chi connectivity index (χ4n) is 3.36. The summed E-state index contributed by atoms with van der Waals surface area (Å²) in [4.78, 5) is 25.5. The van der Waals surface area contributed by atoms with Crippen molar-refractivity contribution in [1.29, 1.82) is 0 Å². The highest BCUT2D eigenvalue weighted by Gasteiger charge is 2.39. The summed E-state index contributed by atoms with van der Waals surface area (Å²) < 4.78 is 42.7. The Morgan fingerprint density at radius 2 is 1.75 bits per heavy atom. The van der Waals surface area contributed by atoms with Gasteiger partial charge in [-0.2, -0.15) is 18.4 Å². The summed E-state index contributed by atoms with van der Waals surface area (Å²) in [6.45, 7) is 4.70. The third kappa shape index (κ3) is 4.53. The van der Waals surface area contributed by atoms with Gasteiger partial charge in [-0.05, 0) is 48.4 Å². The maximum absolute atomic E-state index is 14.2. The molecule has 12 heteroatoms. The lowest BCUT2D eigenvalue weighted by molar-refractivity contribution is -0.136. The van der Waals surface area contributed by atoms with Crippen LogP contribution in [0.25, 0.3) is 22.5 Å². The van der Waals surface area contributed by atoms with Crippen molar-refractivity contribution in [2.24, 2.45) is 5.73 Å². The summed E-state index contributed by atoms with van der Waals surface area (Å²) in [5, 5.41) is 14.9. The van der Waals surface area contributed by atoms with E-state index in [1.165, 1.54) is 36.4 Å². The lowest BCUT2D eigenvalue weighted by Gasteiger charge is -2.20. The third-order valence-electron chi connectivity index (χ3n) is 4.81. The minimum Gasteiger partial charge on any atom is -0.351 e. The van der Waals surface area contributed by atoms with Gasteiger partial charge in [0, 0.05) is 18.7 Å². The Balaban J connectivity index is 2.18. The van der Waals surface area contributed by atoms with E-state index in [-0.39, 0.29) is 28.5 Å². The Morgan fingerprint density at radius 1 is 1.09 bits per heavy atom. The van der Waals surface area contributed by atoms with Gasteiger partial charge in [0.2, 0.25) is 5.82 Å². The number of nitrogens with two attached hydrogens (primary N) is 1. The summed E-state index contributed by atoms with van der Waals surface area (Å²) in [7, 11) is 0. The summed E-state index contributed by atoms with van der Waals surface area (Å²) in [6.07, 6.45) is -4.84. The van der Waals surface area contributed by atoms with E-state index in [0.29, 0.717) is 18.7 Å². The number of alkyl halides is 3. The number of urea groups is 1. The molecule has 0 atom stereocenters. The number of tetrazole rings is 1. The SMILES string of the molecule is CCN(CC)C(=O)c1ccc(-c2ccc(NC(N)=O)c(-c3nn[nH]n3)c2C(F)(F)F)cc1. The monoisotopic (exact) mass is 447 g/mol. The number of carbonyl (C=O) groups excluding carboxylic acids is 2. The van der Waals surface area contributed by atoms with Crippen LogP contribution >= 0.6 is 0 Å². The first-order valence-electron chi connectivity index (χ1n) is 9.61. The first kappa shape index (κ1) is 22.7. The topological polar surface area (TPSA) is 130 Å². The number of anilines is 1. The molecule has 3 amide bonds. The van der Waals surface area contributed by atoms with Gasteiger partial charge in [-0.15, -0.1) is 10.2 Å². The molecule has 0 aliphatic heterocycles. The zero-order valence-electron chi connectivity index (χ0n) is 17.2. The van der Waals surface area contributed by atoms with Crippen LogP contribution < -0.4 is 11.1 Å². The van der Waals surface area contributed by atoms with Crippen molar-refractivity contribution in [2.75, 3.05) is 18.4 Å². The van der Waals surface area contributed by atoms with E-state index >= 15 is 0 Å². The number of nitrogens with zero attached hydrogens (tertiary/aromatic N) is 4. The molecule has 3 rings (SSSR count). The van der Waals surface area contributed by atoms with E-state index in [1.54, 1.807) is 4.90 Å². The minimum atomic E-state index is -4.84. The number of H-pyrrole nitrogens is 1. The van der Waals surface area contributed by atoms with Crippen LogP contribution in [0.15, 0.2) is 36.4 Å². The van der Waals surface area contributed by atoms with Crippen LogP contribution in [0.5, 0.6) is 0 Å². The number of rotatable bonds is 6. The van der Waals surface area contributed by atoms with Gasteiger partial charge in [-0.3, -0.25) is 4.79 Å². The lowest BCUT2D eigenvalue weighted by Crippen LogP contribution is -2.30. The molecule has 0 saturated carbocycles. The first-order chi connectivity index (χ1) is 15.2. The summed E-state index contributed by atoms with van der Waals surface area (Å²) in [5.74, 6) is -0.581. The number of amides is 3. The van der Waals surface area contributed by atoms with E-state index in [0.717, 1.165) is 0 Å². The minimum absolute atomic E-state index is 0.186. The second kappa shape index (κ2) is 9.04. The number of aromatic amines is 1. The van der Waals surface area contributed by atoms with E-state index in [2.05, 4.69) is 25.9 Å². The molecular weight excluding hydrogens is 427 g/mol. The lowest BCUT2D eigenvalue weighted by atomic mass is 9.92. The predicted molar refractivity (Wildman–Crippen MR) is 111 cm³/mol.